The molecule has 2 aromatic carbocycles. The van der Waals surface area contributed by atoms with Crippen LogP contribution in [-0.4, -0.2) is 38.8 Å². The molecule has 0 saturated heterocycles. The highest BCUT2D eigenvalue weighted by molar-refractivity contribution is 6.18. The van der Waals surface area contributed by atoms with Crippen LogP contribution in [0.25, 0.3) is 5.69 Å². The Hall–Kier alpha value is -2.60. The van der Waals surface area contributed by atoms with Gasteiger partial charge in [0, 0.05) is 0 Å². The summed E-state index contributed by atoms with van der Waals surface area (Å²) in [7, 11) is 0. The normalized spacial score (nSPS) is 11.9. The van der Waals surface area contributed by atoms with Crippen LogP contribution in [0.5, 0.6) is 11.8 Å². The Morgan fingerprint density at radius 3 is 2.39 bits per heavy atom. The zero-order valence-corrected chi connectivity index (χ0v) is 13.0. The summed E-state index contributed by atoms with van der Waals surface area (Å²) >= 11 is 5.97. The molecule has 0 N–H and O–H groups in total. The van der Waals surface area contributed by atoms with Gasteiger partial charge < -0.3 is 9.47 Å². The van der Waals surface area contributed by atoms with Crippen LogP contribution in [0.4, 0.5) is 0 Å². The van der Waals surface area contributed by atoms with E-state index in [9.17, 15) is 0 Å². The van der Waals surface area contributed by atoms with Gasteiger partial charge in [-0.2, -0.15) is 4.68 Å². The largest absolute Gasteiger partial charge is 0.490 e. The van der Waals surface area contributed by atoms with Crippen LogP contribution in [0, 0.1) is 0 Å². The van der Waals surface area contributed by atoms with E-state index in [2.05, 4.69) is 15.5 Å². The molecule has 23 heavy (non-hydrogen) atoms. The zero-order chi connectivity index (χ0) is 15.9. The van der Waals surface area contributed by atoms with Crippen LogP contribution in [0.2, 0.25) is 0 Å². The average Bonchev–Trinajstić information content (AvgIpc) is 3.08. The number of nitrogens with zero attached hydrogens (tertiary/aromatic N) is 4. The summed E-state index contributed by atoms with van der Waals surface area (Å²) in [5.41, 5.74) is 0.810. The van der Waals surface area contributed by atoms with E-state index in [1.54, 1.807) is 0 Å². The molecule has 0 aliphatic rings. The summed E-state index contributed by atoms with van der Waals surface area (Å²) in [6.45, 7) is 0.301. The molecule has 0 aliphatic carbocycles. The SMILES string of the molecule is ClCC(COc1ccccc1)Oc1nnnn1-c1ccccc1. The highest BCUT2D eigenvalue weighted by atomic mass is 35.5. The van der Waals surface area contributed by atoms with Gasteiger partial charge in [0.15, 0.2) is 0 Å². The molecule has 0 fully saturated rings. The lowest BCUT2D eigenvalue weighted by atomic mass is 10.3. The first kappa shape index (κ1) is 15.3. The van der Waals surface area contributed by atoms with Crippen molar-refractivity contribution in [2.45, 2.75) is 6.10 Å². The first-order valence-electron chi connectivity index (χ1n) is 7.11. The van der Waals surface area contributed by atoms with Crippen molar-refractivity contribution in [3.63, 3.8) is 0 Å². The van der Waals surface area contributed by atoms with Gasteiger partial charge in [0.25, 0.3) is 0 Å². The molecular formula is C16H15ClN4O2. The molecule has 0 radical (unpaired) electrons. The van der Waals surface area contributed by atoms with E-state index in [0.717, 1.165) is 11.4 Å². The smallest absolute Gasteiger partial charge is 0.340 e. The minimum Gasteiger partial charge on any atom is -0.490 e. The third-order valence-electron chi connectivity index (χ3n) is 3.06. The van der Waals surface area contributed by atoms with E-state index in [1.165, 1.54) is 4.68 Å². The number of hydrogen-bond donors (Lipinski definition) is 0. The zero-order valence-electron chi connectivity index (χ0n) is 12.2. The van der Waals surface area contributed by atoms with Gasteiger partial charge in [-0.3, -0.25) is 0 Å². The van der Waals surface area contributed by atoms with Crippen molar-refractivity contribution in [1.82, 2.24) is 20.2 Å². The number of benzene rings is 2. The molecule has 1 atom stereocenters. The monoisotopic (exact) mass is 330 g/mol. The fourth-order valence-electron chi connectivity index (χ4n) is 1.95. The van der Waals surface area contributed by atoms with Crippen LogP contribution in [0.15, 0.2) is 60.7 Å². The van der Waals surface area contributed by atoms with E-state index < -0.39 is 0 Å². The van der Waals surface area contributed by atoms with Crippen molar-refractivity contribution in [2.24, 2.45) is 0 Å². The number of tetrazole rings is 1. The second kappa shape index (κ2) is 7.60. The molecule has 1 heterocycles. The maximum atomic E-state index is 5.97. The minimum atomic E-state index is -0.370. The third-order valence-corrected chi connectivity index (χ3v) is 3.41. The molecule has 7 heteroatoms. The molecule has 0 bridgehead atoms. The molecule has 1 unspecified atom stereocenters. The first-order valence-corrected chi connectivity index (χ1v) is 7.64. The average molecular weight is 331 g/mol. The Kier molecular flexibility index (Phi) is 5.06. The lowest BCUT2D eigenvalue weighted by Crippen LogP contribution is -2.28. The van der Waals surface area contributed by atoms with Crippen molar-refractivity contribution in [3.8, 4) is 17.4 Å². The highest BCUT2D eigenvalue weighted by Crippen LogP contribution is 2.15. The van der Waals surface area contributed by atoms with Gasteiger partial charge >= 0.3 is 6.01 Å². The second-order valence-corrected chi connectivity index (χ2v) is 5.04. The quantitative estimate of drug-likeness (QED) is 0.623. The Bertz CT molecular complexity index is 721. The number of para-hydroxylation sites is 2. The Morgan fingerprint density at radius 1 is 1.00 bits per heavy atom. The lowest BCUT2D eigenvalue weighted by molar-refractivity contribution is 0.132. The van der Waals surface area contributed by atoms with E-state index >= 15 is 0 Å². The van der Waals surface area contributed by atoms with Crippen molar-refractivity contribution in [1.29, 1.82) is 0 Å². The van der Waals surface area contributed by atoms with Gasteiger partial charge in [-0.1, -0.05) is 41.5 Å². The summed E-state index contributed by atoms with van der Waals surface area (Å²) in [5, 5.41) is 11.5. The number of ether oxygens (including phenoxy) is 2. The van der Waals surface area contributed by atoms with Crippen molar-refractivity contribution in [3.05, 3.63) is 60.7 Å². The Labute approximate surface area is 138 Å². The molecule has 0 aliphatic heterocycles. The predicted octanol–water partition coefficient (Wildman–Crippen LogP) is 2.73. The van der Waals surface area contributed by atoms with Crippen LogP contribution in [-0.2, 0) is 0 Å². The van der Waals surface area contributed by atoms with Crippen LogP contribution in [0.3, 0.4) is 0 Å². The molecule has 3 aromatic rings. The van der Waals surface area contributed by atoms with E-state index in [0.29, 0.717) is 6.61 Å². The Morgan fingerprint density at radius 2 is 1.70 bits per heavy atom. The lowest BCUT2D eigenvalue weighted by Gasteiger charge is -2.16. The van der Waals surface area contributed by atoms with Crippen molar-refractivity contribution in [2.75, 3.05) is 12.5 Å². The van der Waals surface area contributed by atoms with Crippen LogP contribution >= 0.6 is 11.6 Å². The number of halogens is 1. The predicted molar refractivity (Wildman–Crippen MR) is 86.2 cm³/mol. The van der Waals surface area contributed by atoms with E-state index in [1.807, 2.05) is 60.7 Å². The molecular weight excluding hydrogens is 316 g/mol. The third kappa shape index (κ3) is 3.98. The highest BCUT2D eigenvalue weighted by Gasteiger charge is 2.16. The summed E-state index contributed by atoms with van der Waals surface area (Å²) in [6, 6.07) is 19.3. The Balaban J connectivity index is 1.67. The molecule has 0 saturated carbocycles. The van der Waals surface area contributed by atoms with Gasteiger partial charge in [0.05, 0.1) is 11.6 Å². The first-order chi connectivity index (χ1) is 11.4. The number of rotatable bonds is 7. The minimum absolute atomic E-state index is 0.258. The second-order valence-electron chi connectivity index (χ2n) is 4.73. The maximum absolute atomic E-state index is 5.97. The summed E-state index contributed by atoms with van der Waals surface area (Å²) in [4.78, 5) is 0. The van der Waals surface area contributed by atoms with Gasteiger partial charge in [-0.15, -0.1) is 11.6 Å². The van der Waals surface area contributed by atoms with Crippen molar-refractivity contribution < 1.29 is 9.47 Å². The summed E-state index contributed by atoms with van der Waals surface area (Å²) < 4.78 is 13.0. The topological polar surface area (TPSA) is 62.1 Å². The fraction of sp³-hybridized carbons (Fsp3) is 0.188. The van der Waals surface area contributed by atoms with E-state index in [4.69, 9.17) is 21.1 Å². The van der Waals surface area contributed by atoms with E-state index in [-0.39, 0.29) is 18.0 Å². The molecule has 3 rings (SSSR count). The maximum Gasteiger partial charge on any atom is 0.340 e. The molecule has 0 amide bonds. The van der Waals surface area contributed by atoms with Gasteiger partial charge in [-0.05, 0) is 34.7 Å². The summed E-state index contributed by atoms with van der Waals surface area (Å²) in [6.07, 6.45) is -0.370. The molecule has 1 aromatic heterocycles. The fourth-order valence-corrected chi connectivity index (χ4v) is 2.10. The van der Waals surface area contributed by atoms with Gasteiger partial charge in [0.1, 0.15) is 18.5 Å². The van der Waals surface area contributed by atoms with Crippen LogP contribution < -0.4 is 9.47 Å². The number of hydrogen-bond acceptors (Lipinski definition) is 5. The molecule has 0 spiro atoms. The summed E-state index contributed by atoms with van der Waals surface area (Å²) in [5.74, 6) is 1.02. The van der Waals surface area contributed by atoms with Crippen LogP contribution in [0.1, 0.15) is 0 Å². The van der Waals surface area contributed by atoms with Gasteiger partial charge in [-0.25, -0.2) is 0 Å². The van der Waals surface area contributed by atoms with Gasteiger partial charge in [0.2, 0.25) is 0 Å². The standard InChI is InChI=1S/C16H15ClN4O2/c17-11-15(12-22-14-9-5-2-6-10-14)23-16-18-19-20-21(16)13-7-3-1-4-8-13/h1-10,15H,11-12H2. The number of alkyl halides is 1. The van der Waals surface area contributed by atoms with Crippen molar-refractivity contribution >= 4 is 11.6 Å². The number of aromatic nitrogens is 4. The molecule has 118 valence electrons. The molecule has 6 nitrogen and oxygen atoms in total.